The number of methoxy groups -OCH3 is 1. The molecule has 0 saturated carbocycles. The van der Waals surface area contributed by atoms with Gasteiger partial charge < -0.3 is 30.7 Å². The minimum absolute atomic E-state index is 0.0544. The van der Waals surface area contributed by atoms with Gasteiger partial charge in [-0.1, -0.05) is 48.0 Å². The Morgan fingerprint density at radius 1 is 0.981 bits per heavy atom. The fourth-order valence-corrected chi connectivity index (χ4v) is 7.39. The number of nitrogens with one attached hydrogen (secondary N) is 3. The molecule has 2 saturated heterocycles. The average molecular weight is 751 g/mol. The monoisotopic (exact) mass is 750 g/mol. The van der Waals surface area contributed by atoms with Crippen molar-refractivity contribution in [2.45, 2.75) is 57.8 Å². The summed E-state index contributed by atoms with van der Waals surface area (Å²) in [6.45, 7) is 3.00. The lowest BCUT2D eigenvalue weighted by atomic mass is 9.92. The summed E-state index contributed by atoms with van der Waals surface area (Å²) >= 11 is 7.11. The van der Waals surface area contributed by atoms with Gasteiger partial charge in [-0.05, 0) is 54.2 Å². The van der Waals surface area contributed by atoms with Gasteiger partial charge in [0.2, 0.25) is 17.7 Å². The van der Waals surface area contributed by atoms with Gasteiger partial charge in [0.15, 0.2) is 0 Å². The van der Waals surface area contributed by atoms with Crippen LogP contribution in [0.1, 0.15) is 42.5 Å². The molecular formula is C39H39ClN8O6. The number of pyridine rings is 1. The molecule has 7 rings (SSSR count). The summed E-state index contributed by atoms with van der Waals surface area (Å²) < 4.78 is 7.08. The van der Waals surface area contributed by atoms with Gasteiger partial charge in [-0.15, -0.1) is 0 Å². The number of ether oxygens (including phenoxy) is 1. The van der Waals surface area contributed by atoms with E-state index in [1.165, 1.54) is 16.4 Å². The second-order valence-corrected chi connectivity index (χ2v) is 13.9. The second kappa shape index (κ2) is 15.6. The zero-order chi connectivity index (χ0) is 37.9. The maximum atomic E-state index is 13.3. The minimum Gasteiger partial charge on any atom is -0.480 e. The molecule has 0 bridgehead atoms. The summed E-state index contributed by atoms with van der Waals surface area (Å²) in [7, 11) is 1.45. The van der Waals surface area contributed by atoms with E-state index >= 15 is 0 Å². The van der Waals surface area contributed by atoms with Crippen LogP contribution in [0.4, 0.5) is 4.79 Å². The zero-order valence-corrected chi connectivity index (χ0v) is 30.5. The number of halogens is 1. The summed E-state index contributed by atoms with van der Waals surface area (Å²) in [4.78, 5) is 63.5. The van der Waals surface area contributed by atoms with Crippen molar-refractivity contribution in [1.82, 2.24) is 40.2 Å². The molecule has 2 aliphatic rings. The Kier molecular flexibility index (Phi) is 10.6. The number of nitrogens with zero attached hydrogens (tertiary/aromatic N) is 5. The summed E-state index contributed by atoms with van der Waals surface area (Å²) in [5, 5.41) is 19.3. The lowest BCUT2D eigenvalue weighted by molar-refractivity contribution is -0.120. The largest absolute Gasteiger partial charge is 0.480 e. The Morgan fingerprint density at radius 3 is 2.39 bits per heavy atom. The molecule has 2 unspecified atom stereocenters. The van der Waals surface area contributed by atoms with Crippen LogP contribution in [0.25, 0.3) is 39.2 Å². The molecule has 2 aliphatic heterocycles. The first-order valence-corrected chi connectivity index (χ1v) is 18.0. The Hall–Kier alpha value is -5.86. The van der Waals surface area contributed by atoms with Crippen molar-refractivity contribution >= 4 is 35.2 Å². The Balaban J connectivity index is 1.12. The normalized spacial score (nSPS) is 16.7. The minimum atomic E-state index is -1.14. The third-order valence-electron chi connectivity index (χ3n) is 9.92. The topological polar surface area (TPSA) is 180 Å². The van der Waals surface area contributed by atoms with Crippen LogP contribution in [-0.2, 0) is 22.7 Å². The van der Waals surface area contributed by atoms with Crippen LogP contribution < -0.4 is 26.2 Å². The molecule has 3 aromatic heterocycles. The second-order valence-electron chi connectivity index (χ2n) is 13.5. The molecule has 2 aromatic carbocycles. The predicted octanol–water partition coefficient (Wildman–Crippen LogP) is 4.58. The van der Waals surface area contributed by atoms with Crippen molar-refractivity contribution in [2.75, 3.05) is 20.2 Å². The molecule has 4 N–H and O–H groups in total. The summed E-state index contributed by atoms with van der Waals surface area (Å²) in [5.74, 6) is 0.129. The highest BCUT2D eigenvalue weighted by Gasteiger charge is 2.27. The smallest absolute Gasteiger partial charge is 0.407 e. The quantitative estimate of drug-likeness (QED) is 0.141. The number of amides is 3. The molecule has 14 nitrogen and oxygen atoms in total. The van der Waals surface area contributed by atoms with Crippen molar-refractivity contribution in [1.29, 1.82) is 0 Å². The van der Waals surface area contributed by atoms with Gasteiger partial charge in [0.1, 0.15) is 11.3 Å². The lowest BCUT2D eigenvalue weighted by Gasteiger charge is -2.23. The summed E-state index contributed by atoms with van der Waals surface area (Å²) in [6, 6.07) is 15.2. The van der Waals surface area contributed by atoms with Crippen LogP contribution in [0.2, 0.25) is 5.02 Å². The third kappa shape index (κ3) is 7.61. The Labute approximate surface area is 315 Å². The number of benzene rings is 2. The van der Waals surface area contributed by atoms with E-state index in [1.54, 1.807) is 18.6 Å². The molecule has 54 heavy (non-hydrogen) atoms. The van der Waals surface area contributed by atoms with Crippen LogP contribution in [-0.4, -0.2) is 79.5 Å². The van der Waals surface area contributed by atoms with Gasteiger partial charge in [-0.25, -0.2) is 14.8 Å². The molecule has 0 aliphatic carbocycles. The van der Waals surface area contributed by atoms with E-state index in [0.29, 0.717) is 65.5 Å². The van der Waals surface area contributed by atoms with Crippen LogP contribution in [0.3, 0.4) is 0 Å². The molecule has 2 fully saturated rings. The van der Waals surface area contributed by atoms with Gasteiger partial charge in [-0.3, -0.25) is 23.8 Å². The van der Waals surface area contributed by atoms with Crippen molar-refractivity contribution in [3.05, 3.63) is 99.3 Å². The van der Waals surface area contributed by atoms with E-state index in [2.05, 4.69) is 30.9 Å². The van der Waals surface area contributed by atoms with Crippen LogP contribution >= 0.6 is 11.6 Å². The third-order valence-corrected chi connectivity index (χ3v) is 10.3. The predicted molar refractivity (Wildman–Crippen MR) is 202 cm³/mol. The number of rotatable bonds is 12. The van der Waals surface area contributed by atoms with E-state index < -0.39 is 6.09 Å². The Morgan fingerprint density at radius 2 is 1.69 bits per heavy atom. The summed E-state index contributed by atoms with van der Waals surface area (Å²) in [5.41, 5.74) is 6.77. The van der Waals surface area contributed by atoms with Gasteiger partial charge in [0.05, 0.1) is 30.6 Å². The molecule has 5 heterocycles. The fraction of sp³-hybridized carbons (Fsp3) is 0.308. The highest BCUT2D eigenvalue weighted by Crippen LogP contribution is 2.40. The average Bonchev–Trinajstić information content (AvgIpc) is 3.79. The lowest BCUT2D eigenvalue weighted by Crippen LogP contribution is -2.41. The Bertz CT molecular complexity index is 2330. The fourth-order valence-electron chi connectivity index (χ4n) is 7.06. The molecule has 5 aromatic rings. The molecule has 2 atom stereocenters. The number of aromatic nitrogens is 4. The standard InChI is InChI=1S/C39H39ClN8O6/c1-22-27(23-13-14-48-33(15-23)43-17-24(38(48)51)16-41-18-25-9-11-34(49)44-25)5-3-6-28(22)29-7-4-8-30(36(29)40)31-19-42-32(37(46-31)54-2)21-47(39(52)53)20-26-10-12-35(50)45-26/h3-8,13-15,17,19,25-26,41H,9-12,16,18,20-21H2,1-2H3,(H,44,49)(H,45,50)(H,52,53). The van der Waals surface area contributed by atoms with E-state index in [9.17, 15) is 24.3 Å². The number of carboxylic acid groups (broad SMARTS) is 1. The molecule has 0 spiro atoms. The highest BCUT2D eigenvalue weighted by molar-refractivity contribution is 6.36. The molecule has 278 valence electrons. The van der Waals surface area contributed by atoms with E-state index in [4.69, 9.17) is 16.3 Å². The van der Waals surface area contributed by atoms with E-state index in [-0.39, 0.29) is 48.4 Å². The van der Waals surface area contributed by atoms with Gasteiger partial charge in [0.25, 0.3) is 5.56 Å². The molecular weight excluding hydrogens is 712 g/mol. The first-order chi connectivity index (χ1) is 26.1. The zero-order valence-electron chi connectivity index (χ0n) is 29.8. The van der Waals surface area contributed by atoms with Crippen LogP contribution in [0, 0.1) is 6.92 Å². The number of hydrogen-bond donors (Lipinski definition) is 4. The van der Waals surface area contributed by atoms with Gasteiger partial charge >= 0.3 is 6.09 Å². The maximum Gasteiger partial charge on any atom is 0.407 e. The number of hydrogen-bond acceptors (Lipinski definition) is 9. The summed E-state index contributed by atoms with van der Waals surface area (Å²) in [6.07, 6.45) is 5.97. The van der Waals surface area contributed by atoms with Crippen LogP contribution in [0.15, 0.2) is 71.9 Å². The van der Waals surface area contributed by atoms with Gasteiger partial charge in [0, 0.05) is 73.6 Å². The van der Waals surface area contributed by atoms with Gasteiger partial charge in [-0.2, -0.15) is 0 Å². The van der Waals surface area contributed by atoms with Crippen molar-refractivity contribution in [2.24, 2.45) is 0 Å². The number of fused-ring (bicyclic) bond motifs is 1. The van der Waals surface area contributed by atoms with E-state index in [0.717, 1.165) is 34.2 Å². The SMILES string of the molecule is COc1nc(-c2cccc(-c3cccc(-c4ccn5c(=O)c(CNCC6CCC(=O)N6)cnc5c4)c3C)c2Cl)cnc1CN(CC1CCC(=O)N1)C(=O)O. The van der Waals surface area contributed by atoms with Crippen molar-refractivity contribution in [3.8, 4) is 39.4 Å². The number of carbonyl (C=O) groups excluding carboxylic acids is 2. The highest BCUT2D eigenvalue weighted by atomic mass is 35.5. The molecule has 0 radical (unpaired) electrons. The number of carbonyl (C=O) groups is 3. The van der Waals surface area contributed by atoms with Crippen LogP contribution in [0.5, 0.6) is 5.88 Å². The molecule has 3 amide bonds. The maximum absolute atomic E-state index is 13.3. The first kappa shape index (κ1) is 36.5. The molecule has 15 heteroatoms. The van der Waals surface area contributed by atoms with E-state index in [1.807, 2.05) is 55.5 Å². The van der Waals surface area contributed by atoms with Crippen molar-refractivity contribution in [3.63, 3.8) is 0 Å². The van der Waals surface area contributed by atoms with Crippen molar-refractivity contribution < 1.29 is 24.2 Å². The first-order valence-electron chi connectivity index (χ1n) is 17.7.